The Morgan fingerprint density at radius 2 is 1.83 bits per heavy atom. The first-order chi connectivity index (χ1) is 17.2. The number of amides is 1. The first kappa shape index (κ1) is 26.5. The Balaban J connectivity index is 2.05. The van der Waals surface area contributed by atoms with Crippen molar-refractivity contribution in [3.8, 4) is 22.9 Å². The van der Waals surface area contributed by atoms with Crippen molar-refractivity contribution >= 4 is 29.2 Å². The van der Waals surface area contributed by atoms with Crippen molar-refractivity contribution in [1.82, 2.24) is 4.57 Å². The first-order valence-corrected chi connectivity index (χ1v) is 11.2. The summed E-state index contributed by atoms with van der Waals surface area (Å²) in [4.78, 5) is 37.6. The van der Waals surface area contributed by atoms with Crippen LogP contribution in [0.15, 0.2) is 59.5 Å². The lowest BCUT2D eigenvalue weighted by Crippen LogP contribution is -2.35. The van der Waals surface area contributed by atoms with Gasteiger partial charge in [0, 0.05) is 41.4 Å². The van der Waals surface area contributed by atoms with Gasteiger partial charge in [-0.15, -0.1) is 0 Å². The van der Waals surface area contributed by atoms with Gasteiger partial charge in [-0.3, -0.25) is 14.2 Å². The summed E-state index contributed by atoms with van der Waals surface area (Å²) in [5, 5.41) is 21.7. The predicted molar refractivity (Wildman–Crippen MR) is 135 cm³/mol. The number of rotatable bonds is 9. The highest BCUT2D eigenvalue weighted by Gasteiger charge is 2.26. The van der Waals surface area contributed by atoms with Gasteiger partial charge in [-0.05, 0) is 49.4 Å². The van der Waals surface area contributed by atoms with Gasteiger partial charge in [0.2, 0.25) is 5.91 Å². The van der Waals surface area contributed by atoms with E-state index in [2.05, 4.69) is 11.4 Å². The van der Waals surface area contributed by atoms with Crippen LogP contribution in [0, 0.1) is 11.3 Å². The van der Waals surface area contributed by atoms with Gasteiger partial charge in [-0.1, -0.05) is 11.6 Å². The van der Waals surface area contributed by atoms with E-state index >= 15 is 0 Å². The first-order valence-electron chi connectivity index (χ1n) is 10.9. The number of nitriles is 1. The fraction of sp³-hybridized carbons (Fsp3) is 0.231. The van der Waals surface area contributed by atoms with Crippen molar-refractivity contribution in [1.29, 1.82) is 5.26 Å². The minimum absolute atomic E-state index is 0.0758. The Kier molecular flexibility index (Phi) is 8.48. The van der Waals surface area contributed by atoms with Crippen molar-refractivity contribution in [2.45, 2.75) is 25.5 Å². The van der Waals surface area contributed by atoms with Crippen molar-refractivity contribution in [2.24, 2.45) is 0 Å². The average molecular weight is 510 g/mol. The number of hydrogen-bond acceptors (Lipinski definition) is 6. The zero-order valence-corrected chi connectivity index (χ0v) is 20.6. The predicted octanol–water partition coefficient (Wildman–Crippen LogP) is 4.35. The second-order valence-corrected chi connectivity index (χ2v) is 8.41. The number of carboxylic acids is 1. The molecule has 0 aliphatic rings. The number of aromatic nitrogens is 1. The van der Waals surface area contributed by atoms with E-state index in [0.717, 1.165) is 0 Å². The van der Waals surface area contributed by atoms with E-state index in [4.69, 9.17) is 26.2 Å². The molecule has 1 heterocycles. The Morgan fingerprint density at radius 1 is 1.14 bits per heavy atom. The largest absolute Gasteiger partial charge is 0.495 e. The van der Waals surface area contributed by atoms with E-state index in [1.54, 1.807) is 25.1 Å². The molecule has 3 rings (SSSR count). The molecule has 36 heavy (non-hydrogen) atoms. The Morgan fingerprint density at radius 3 is 2.42 bits per heavy atom. The molecular weight excluding hydrogens is 486 g/mol. The number of ether oxygens (including phenoxy) is 2. The number of anilines is 1. The minimum Gasteiger partial charge on any atom is -0.495 e. The molecule has 2 N–H and O–H groups in total. The van der Waals surface area contributed by atoms with Gasteiger partial charge in [0.25, 0.3) is 5.56 Å². The molecule has 2 aromatic carbocycles. The van der Waals surface area contributed by atoms with Crippen LogP contribution in [0.25, 0.3) is 11.1 Å². The summed E-state index contributed by atoms with van der Waals surface area (Å²) < 4.78 is 12.1. The zero-order chi connectivity index (χ0) is 26.4. The van der Waals surface area contributed by atoms with Crippen LogP contribution < -0.4 is 15.6 Å². The van der Waals surface area contributed by atoms with Gasteiger partial charge < -0.3 is 19.9 Å². The van der Waals surface area contributed by atoms with Gasteiger partial charge in [0.1, 0.15) is 11.8 Å². The molecule has 0 saturated heterocycles. The maximum absolute atomic E-state index is 13.3. The second-order valence-electron chi connectivity index (χ2n) is 7.97. The summed E-state index contributed by atoms with van der Waals surface area (Å²) in [5.74, 6) is -1.32. The summed E-state index contributed by atoms with van der Waals surface area (Å²) >= 11 is 6.13. The highest BCUT2D eigenvalue weighted by Crippen LogP contribution is 2.33. The van der Waals surface area contributed by atoms with Crippen LogP contribution in [-0.2, 0) is 9.53 Å². The van der Waals surface area contributed by atoms with E-state index < -0.39 is 23.5 Å². The maximum Gasteiger partial charge on any atom is 0.335 e. The van der Waals surface area contributed by atoms with Gasteiger partial charge in [0.15, 0.2) is 0 Å². The number of carbonyl (C=O) groups is 2. The molecule has 186 valence electrons. The quantitative estimate of drug-likeness (QED) is 0.438. The lowest BCUT2D eigenvalue weighted by Gasteiger charge is -2.23. The Bertz CT molecular complexity index is 1380. The Labute approximate surface area is 212 Å². The standard InChI is InChI=1S/C26H24ClN3O6/c1-15(35-2)10-22(25(32)29-19-8-5-16(6-9-19)26(33)34)30-14-23(36-3)21(12-24(30)31)20-11-18(27)7-4-17(20)13-28/h4-9,11-12,14-15,22H,10H2,1-3H3,(H,29,32)(H,33,34). The van der Waals surface area contributed by atoms with Crippen LogP contribution in [0.1, 0.15) is 35.3 Å². The molecule has 3 aromatic rings. The lowest BCUT2D eigenvalue weighted by molar-refractivity contribution is -0.120. The van der Waals surface area contributed by atoms with Gasteiger partial charge >= 0.3 is 5.97 Å². The normalized spacial score (nSPS) is 12.3. The molecular formula is C26H24ClN3O6. The SMILES string of the molecule is COc1cn(C(CC(C)OC)C(=O)Nc2ccc(C(=O)O)cc2)c(=O)cc1-c1cc(Cl)ccc1C#N. The van der Waals surface area contributed by atoms with E-state index in [1.165, 1.54) is 55.3 Å². The van der Waals surface area contributed by atoms with Crippen LogP contribution in [-0.4, -0.2) is 41.9 Å². The smallest absolute Gasteiger partial charge is 0.335 e. The molecule has 10 heteroatoms. The van der Waals surface area contributed by atoms with E-state index in [9.17, 15) is 19.6 Å². The Hall–Kier alpha value is -4.13. The number of pyridine rings is 1. The number of hydrogen-bond donors (Lipinski definition) is 2. The molecule has 0 radical (unpaired) electrons. The van der Waals surface area contributed by atoms with Crippen LogP contribution in [0.5, 0.6) is 5.75 Å². The summed E-state index contributed by atoms with van der Waals surface area (Å²) in [6, 6.07) is 12.8. The average Bonchev–Trinajstić information content (AvgIpc) is 2.87. The number of aromatic carboxylic acids is 1. The van der Waals surface area contributed by atoms with Gasteiger partial charge in [-0.25, -0.2) is 4.79 Å². The number of nitrogens with one attached hydrogen (secondary N) is 1. The van der Waals surface area contributed by atoms with Crippen molar-refractivity contribution in [3.05, 3.63) is 81.2 Å². The molecule has 0 aliphatic heterocycles. The second kappa shape index (κ2) is 11.5. The molecule has 2 atom stereocenters. The molecule has 9 nitrogen and oxygen atoms in total. The number of halogens is 1. The zero-order valence-electron chi connectivity index (χ0n) is 19.8. The minimum atomic E-state index is -1.09. The summed E-state index contributed by atoms with van der Waals surface area (Å²) in [6.45, 7) is 1.77. The topological polar surface area (TPSA) is 131 Å². The highest BCUT2D eigenvalue weighted by molar-refractivity contribution is 6.31. The van der Waals surface area contributed by atoms with Gasteiger partial charge in [0.05, 0.1) is 36.6 Å². The van der Waals surface area contributed by atoms with E-state index in [0.29, 0.717) is 27.4 Å². The maximum atomic E-state index is 13.3. The number of carboxylic acid groups (broad SMARTS) is 1. The fourth-order valence-corrected chi connectivity index (χ4v) is 3.83. The third-order valence-electron chi connectivity index (χ3n) is 5.65. The monoisotopic (exact) mass is 509 g/mol. The third kappa shape index (κ3) is 5.92. The van der Waals surface area contributed by atoms with Crippen molar-refractivity contribution in [3.63, 3.8) is 0 Å². The fourth-order valence-electron chi connectivity index (χ4n) is 3.66. The van der Waals surface area contributed by atoms with Crippen LogP contribution in [0.3, 0.4) is 0 Å². The van der Waals surface area contributed by atoms with Crippen molar-refractivity contribution in [2.75, 3.05) is 19.5 Å². The highest BCUT2D eigenvalue weighted by atomic mass is 35.5. The summed E-state index contributed by atoms with van der Waals surface area (Å²) in [7, 11) is 2.92. The van der Waals surface area contributed by atoms with Crippen LogP contribution in [0.2, 0.25) is 5.02 Å². The summed E-state index contributed by atoms with van der Waals surface area (Å²) in [5.41, 5.74) is 1.04. The molecule has 1 amide bonds. The number of carbonyl (C=O) groups excluding carboxylic acids is 1. The molecule has 0 saturated carbocycles. The van der Waals surface area contributed by atoms with E-state index in [1.807, 2.05) is 0 Å². The number of benzene rings is 2. The molecule has 0 aliphatic carbocycles. The van der Waals surface area contributed by atoms with Gasteiger partial charge in [-0.2, -0.15) is 5.26 Å². The van der Waals surface area contributed by atoms with Crippen molar-refractivity contribution < 1.29 is 24.2 Å². The number of methoxy groups -OCH3 is 2. The molecule has 1 aromatic heterocycles. The molecule has 2 unspecified atom stereocenters. The molecule has 0 fully saturated rings. The third-order valence-corrected chi connectivity index (χ3v) is 5.89. The summed E-state index contributed by atoms with van der Waals surface area (Å²) in [6.07, 6.45) is 1.21. The van der Waals surface area contributed by atoms with Crippen LogP contribution >= 0.6 is 11.6 Å². The number of nitrogens with zero attached hydrogens (tertiary/aromatic N) is 2. The molecule has 0 spiro atoms. The lowest BCUT2D eigenvalue weighted by atomic mass is 10.00. The van der Waals surface area contributed by atoms with E-state index in [-0.39, 0.29) is 23.8 Å². The molecule has 0 bridgehead atoms. The van der Waals surface area contributed by atoms with Crippen LogP contribution in [0.4, 0.5) is 5.69 Å².